The van der Waals surface area contributed by atoms with E-state index in [-0.39, 0.29) is 11.4 Å². The predicted octanol–water partition coefficient (Wildman–Crippen LogP) is 3.23. The van der Waals surface area contributed by atoms with Crippen LogP contribution < -0.4 is 14.2 Å². The molecular weight excluding hydrogens is 386 g/mol. The number of rotatable bonds is 6. The van der Waals surface area contributed by atoms with Crippen molar-refractivity contribution in [3.8, 4) is 11.5 Å². The molecule has 0 aliphatic carbocycles. The molecule has 0 bridgehead atoms. The van der Waals surface area contributed by atoms with Crippen LogP contribution in [0.3, 0.4) is 0 Å². The third-order valence-electron chi connectivity index (χ3n) is 3.68. The Morgan fingerprint density at radius 2 is 2.00 bits per heavy atom. The Morgan fingerprint density at radius 3 is 2.68 bits per heavy atom. The van der Waals surface area contributed by atoms with E-state index in [1.165, 1.54) is 30.6 Å². The number of fused-ring (bicyclic) bond motifs is 1. The standard InChI is InChI=1S/C16H18ClNO5S2/c1-21-14(15-5-6-16(17)24-15)10-18-25(19,20)11-3-4-12-13(9-11)23-8-2-7-22-12/h3-6,9,14,18H,2,7-8,10H2,1H3. The summed E-state index contributed by atoms with van der Waals surface area (Å²) in [6.07, 6.45) is 0.348. The van der Waals surface area contributed by atoms with E-state index >= 15 is 0 Å². The third kappa shape index (κ3) is 4.45. The largest absolute Gasteiger partial charge is 0.490 e. The van der Waals surface area contributed by atoms with Gasteiger partial charge in [0, 0.05) is 31.0 Å². The Morgan fingerprint density at radius 1 is 1.24 bits per heavy atom. The van der Waals surface area contributed by atoms with Gasteiger partial charge >= 0.3 is 0 Å². The van der Waals surface area contributed by atoms with E-state index in [1.54, 1.807) is 12.1 Å². The van der Waals surface area contributed by atoms with Crippen LogP contribution in [0.2, 0.25) is 4.34 Å². The summed E-state index contributed by atoms with van der Waals surface area (Å²) in [5.74, 6) is 0.994. The highest BCUT2D eigenvalue weighted by atomic mass is 35.5. The maximum absolute atomic E-state index is 12.6. The summed E-state index contributed by atoms with van der Waals surface area (Å²) < 4.78 is 44.8. The van der Waals surface area contributed by atoms with E-state index in [9.17, 15) is 8.42 Å². The van der Waals surface area contributed by atoms with Gasteiger partial charge in [0.2, 0.25) is 10.0 Å². The van der Waals surface area contributed by atoms with Crippen molar-refractivity contribution in [1.29, 1.82) is 0 Å². The quantitative estimate of drug-likeness (QED) is 0.801. The summed E-state index contributed by atoms with van der Waals surface area (Å²) in [4.78, 5) is 0.977. The van der Waals surface area contributed by atoms with Crippen LogP contribution in [0, 0.1) is 0 Å². The average Bonchev–Trinajstić information content (AvgIpc) is 2.88. The molecule has 0 saturated carbocycles. The topological polar surface area (TPSA) is 73.9 Å². The first-order valence-electron chi connectivity index (χ1n) is 7.67. The molecule has 1 atom stereocenters. The summed E-state index contributed by atoms with van der Waals surface area (Å²) in [5, 5.41) is 0. The van der Waals surface area contributed by atoms with Gasteiger partial charge in [0.1, 0.15) is 6.10 Å². The van der Waals surface area contributed by atoms with Crippen molar-refractivity contribution in [1.82, 2.24) is 4.72 Å². The first-order chi connectivity index (χ1) is 12.0. The molecule has 0 fully saturated rings. The molecule has 1 aromatic heterocycles. The second-order valence-electron chi connectivity index (χ2n) is 5.38. The number of halogens is 1. The Kier molecular flexibility index (Phi) is 5.85. The van der Waals surface area contributed by atoms with Crippen LogP contribution in [-0.2, 0) is 14.8 Å². The minimum atomic E-state index is -3.71. The van der Waals surface area contributed by atoms with Crippen LogP contribution in [0.25, 0.3) is 0 Å². The molecule has 136 valence electrons. The molecule has 6 nitrogen and oxygen atoms in total. The van der Waals surface area contributed by atoms with Gasteiger partial charge in [-0.1, -0.05) is 11.6 Å². The number of sulfonamides is 1. The summed E-state index contributed by atoms with van der Waals surface area (Å²) in [6.45, 7) is 1.15. The molecule has 0 radical (unpaired) electrons. The molecule has 1 unspecified atom stereocenters. The van der Waals surface area contributed by atoms with E-state index in [0.29, 0.717) is 29.0 Å². The van der Waals surface area contributed by atoms with E-state index in [2.05, 4.69) is 4.72 Å². The monoisotopic (exact) mass is 403 g/mol. The molecule has 0 saturated heterocycles. The average molecular weight is 404 g/mol. The lowest BCUT2D eigenvalue weighted by Gasteiger charge is -2.15. The van der Waals surface area contributed by atoms with E-state index in [0.717, 1.165) is 11.3 Å². The van der Waals surface area contributed by atoms with Crippen molar-refractivity contribution in [2.75, 3.05) is 26.9 Å². The van der Waals surface area contributed by atoms with Gasteiger partial charge in [-0.25, -0.2) is 13.1 Å². The summed E-state index contributed by atoms with van der Waals surface area (Å²) >= 11 is 7.28. The molecule has 1 aliphatic heterocycles. The van der Waals surface area contributed by atoms with Crippen molar-refractivity contribution in [2.45, 2.75) is 17.4 Å². The first-order valence-corrected chi connectivity index (χ1v) is 10.3. The smallest absolute Gasteiger partial charge is 0.240 e. The van der Waals surface area contributed by atoms with Crippen molar-refractivity contribution >= 4 is 33.0 Å². The number of methoxy groups -OCH3 is 1. The molecule has 1 N–H and O–H groups in total. The first kappa shape index (κ1) is 18.5. The minimum absolute atomic E-state index is 0.101. The third-order valence-corrected chi connectivity index (χ3v) is 6.43. The molecule has 0 amide bonds. The fourth-order valence-corrected chi connectivity index (χ4v) is 4.57. The zero-order valence-corrected chi connectivity index (χ0v) is 15.9. The van der Waals surface area contributed by atoms with Gasteiger partial charge in [0.15, 0.2) is 11.5 Å². The fourth-order valence-electron chi connectivity index (χ4n) is 2.38. The highest BCUT2D eigenvalue weighted by Crippen LogP contribution is 2.32. The molecule has 0 spiro atoms. The number of hydrogen-bond acceptors (Lipinski definition) is 6. The van der Waals surface area contributed by atoms with Crippen LogP contribution in [0.4, 0.5) is 0 Å². The van der Waals surface area contributed by atoms with Gasteiger partial charge in [-0.05, 0) is 24.3 Å². The Hall–Kier alpha value is -1.32. The number of nitrogens with one attached hydrogen (secondary N) is 1. The predicted molar refractivity (Wildman–Crippen MR) is 96.3 cm³/mol. The minimum Gasteiger partial charge on any atom is -0.490 e. The summed E-state index contributed by atoms with van der Waals surface area (Å²) in [5.41, 5.74) is 0. The highest BCUT2D eigenvalue weighted by Gasteiger charge is 2.21. The Bertz CT molecular complexity index is 837. The van der Waals surface area contributed by atoms with Crippen LogP contribution in [0.15, 0.2) is 35.2 Å². The Labute approximate surface area is 155 Å². The van der Waals surface area contributed by atoms with Gasteiger partial charge in [-0.2, -0.15) is 0 Å². The second-order valence-corrected chi connectivity index (χ2v) is 8.89. The van der Waals surface area contributed by atoms with Gasteiger partial charge in [0.25, 0.3) is 0 Å². The van der Waals surface area contributed by atoms with Crippen LogP contribution in [-0.4, -0.2) is 35.3 Å². The lowest BCUT2D eigenvalue weighted by molar-refractivity contribution is 0.110. The van der Waals surface area contributed by atoms with Crippen LogP contribution in [0.5, 0.6) is 11.5 Å². The van der Waals surface area contributed by atoms with Gasteiger partial charge in [0.05, 0.1) is 22.4 Å². The van der Waals surface area contributed by atoms with Gasteiger partial charge in [-0.15, -0.1) is 11.3 Å². The fraction of sp³-hybridized carbons (Fsp3) is 0.375. The van der Waals surface area contributed by atoms with E-state index in [1.807, 2.05) is 6.07 Å². The molecular formula is C16H18ClNO5S2. The van der Waals surface area contributed by atoms with E-state index in [4.69, 9.17) is 25.8 Å². The van der Waals surface area contributed by atoms with Crippen molar-refractivity contribution < 1.29 is 22.6 Å². The second kappa shape index (κ2) is 7.92. The summed E-state index contributed by atoms with van der Waals surface area (Å²) in [7, 11) is -2.18. The lowest BCUT2D eigenvalue weighted by atomic mass is 10.3. The summed E-state index contributed by atoms with van der Waals surface area (Å²) in [6, 6.07) is 8.17. The molecule has 9 heteroatoms. The molecule has 1 aliphatic rings. The zero-order valence-electron chi connectivity index (χ0n) is 13.5. The number of ether oxygens (including phenoxy) is 3. The molecule has 2 aromatic rings. The van der Waals surface area contributed by atoms with Crippen molar-refractivity contribution in [3.05, 3.63) is 39.5 Å². The van der Waals surface area contributed by atoms with Crippen molar-refractivity contribution in [3.63, 3.8) is 0 Å². The van der Waals surface area contributed by atoms with Crippen molar-refractivity contribution in [2.24, 2.45) is 0 Å². The molecule has 2 heterocycles. The van der Waals surface area contributed by atoms with Crippen LogP contribution in [0.1, 0.15) is 17.4 Å². The van der Waals surface area contributed by atoms with E-state index < -0.39 is 16.1 Å². The normalized spacial score (nSPS) is 15.6. The molecule has 1 aromatic carbocycles. The Balaban J connectivity index is 1.74. The highest BCUT2D eigenvalue weighted by molar-refractivity contribution is 7.89. The number of benzene rings is 1. The maximum Gasteiger partial charge on any atom is 0.240 e. The van der Waals surface area contributed by atoms with Gasteiger partial charge < -0.3 is 14.2 Å². The zero-order chi connectivity index (χ0) is 17.9. The lowest BCUT2D eigenvalue weighted by Crippen LogP contribution is -2.29. The maximum atomic E-state index is 12.6. The SMILES string of the molecule is COC(CNS(=O)(=O)c1ccc2c(c1)OCCCO2)c1ccc(Cl)s1. The molecule has 3 rings (SSSR count). The van der Waals surface area contributed by atoms with Crippen LogP contribution >= 0.6 is 22.9 Å². The van der Waals surface area contributed by atoms with Gasteiger partial charge in [-0.3, -0.25) is 0 Å². The number of thiophene rings is 1. The number of hydrogen-bond donors (Lipinski definition) is 1. The molecule has 25 heavy (non-hydrogen) atoms.